The van der Waals surface area contributed by atoms with Crippen molar-refractivity contribution < 1.29 is 4.84 Å². The molecule has 3 nitrogen and oxygen atoms in total. The lowest BCUT2D eigenvalue weighted by Crippen LogP contribution is -2.29. The third kappa shape index (κ3) is 5.76. The standard InChI is InChI=1S/C8H16N2O/c1-7(2)5-10-6-8(3,4)11-9/h5-6H,9H2,1-4H3. The highest BCUT2D eigenvalue weighted by Gasteiger charge is 2.12. The molecule has 0 unspecified atom stereocenters. The molecule has 0 atom stereocenters. The molecule has 0 aliphatic rings. The zero-order valence-electron chi connectivity index (χ0n) is 7.59. The van der Waals surface area contributed by atoms with Crippen molar-refractivity contribution in [3.63, 3.8) is 0 Å². The number of hydrogen-bond acceptors (Lipinski definition) is 3. The van der Waals surface area contributed by atoms with Gasteiger partial charge in [0.25, 0.3) is 0 Å². The van der Waals surface area contributed by atoms with Gasteiger partial charge in [-0.25, -0.2) is 5.90 Å². The lowest BCUT2D eigenvalue weighted by Gasteiger charge is -2.14. The van der Waals surface area contributed by atoms with E-state index in [1.165, 1.54) is 0 Å². The molecule has 0 aliphatic heterocycles. The Morgan fingerprint density at radius 3 is 2.36 bits per heavy atom. The monoisotopic (exact) mass is 156 g/mol. The van der Waals surface area contributed by atoms with E-state index < -0.39 is 5.60 Å². The van der Waals surface area contributed by atoms with Crippen LogP contribution < -0.4 is 5.90 Å². The van der Waals surface area contributed by atoms with E-state index >= 15 is 0 Å². The highest BCUT2D eigenvalue weighted by molar-refractivity contribution is 5.68. The maximum atomic E-state index is 5.01. The molecule has 3 heteroatoms. The minimum Gasteiger partial charge on any atom is -0.293 e. The molecule has 2 N–H and O–H groups in total. The van der Waals surface area contributed by atoms with E-state index in [1.54, 1.807) is 12.4 Å². The summed E-state index contributed by atoms with van der Waals surface area (Å²) in [4.78, 5) is 8.66. The molecule has 0 amide bonds. The van der Waals surface area contributed by atoms with Crippen molar-refractivity contribution in [2.45, 2.75) is 33.3 Å². The van der Waals surface area contributed by atoms with Crippen LogP contribution in [0.1, 0.15) is 27.7 Å². The summed E-state index contributed by atoms with van der Waals surface area (Å²) in [6.07, 6.45) is 3.43. The van der Waals surface area contributed by atoms with Gasteiger partial charge in [-0.15, -0.1) is 0 Å². The Hall–Kier alpha value is -0.670. The second kappa shape index (κ2) is 4.26. The van der Waals surface area contributed by atoms with E-state index in [9.17, 15) is 0 Å². The predicted octanol–water partition coefficient (Wildman–Crippen LogP) is 1.65. The first-order valence-corrected chi connectivity index (χ1v) is 3.53. The van der Waals surface area contributed by atoms with Crippen LogP contribution in [-0.2, 0) is 4.84 Å². The van der Waals surface area contributed by atoms with Crippen LogP contribution in [0.25, 0.3) is 0 Å². The van der Waals surface area contributed by atoms with E-state index in [0.29, 0.717) is 0 Å². The molecule has 11 heavy (non-hydrogen) atoms. The van der Waals surface area contributed by atoms with Gasteiger partial charge in [-0.1, -0.05) is 5.57 Å². The fraction of sp³-hybridized carbons (Fsp3) is 0.625. The van der Waals surface area contributed by atoms with E-state index in [0.717, 1.165) is 5.57 Å². The summed E-state index contributed by atoms with van der Waals surface area (Å²) >= 11 is 0. The van der Waals surface area contributed by atoms with Crippen LogP contribution in [0.5, 0.6) is 0 Å². The van der Waals surface area contributed by atoms with Crippen molar-refractivity contribution in [2.75, 3.05) is 0 Å². The average Bonchev–Trinajstić information content (AvgIpc) is 1.87. The van der Waals surface area contributed by atoms with Crippen LogP contribution in [0, 0.1) is 0 Å². The first kappa shape index (κ1) is 10.3. The molecular formula is C8H16N2O. The van der Waals surface area contributed by atoms with Crippen molar-refractivity contribution in [2.24, 2.45) is 10.9 Å². The van der Waals surface area contributed by atoms with Gasteiger partial charge in [-0.2, -0.15) is 0 Å². The van der Waals surface area contributed by atoms with Crippen molar-refractivity contribution in [1.29, 1.82) is 0 Å². The fourth-order valence-electron chi connectivity index (χ4n) is 0.396. The minimum absolute atomic E-state index is 0.480. The smallest absolute Gasteiger partial charge is 0.119 e. The molecule has 0 aromatic heterocycles. The highest BCUT2D eigenvalue weighted by Crippen LogP contribution is 2.01. The second-order valence-electron chi connectivity index (χ2n) is 3.21. The zero-order valence-corrected chi connectivity index (χ0v) is 7.59. The normalized spacial score (nSPS) is 12.1. The molecule has 0 fully saturated rings. The minimum atomic E-state index is -0.480. The largest absolute Gasteiger partial charge is 0.293 e. The second-order valence-corrected chi connectivity index (χ2v) is 3.21. The molecule has 0 rings (SSSR count). The molecule has 0 bridgehead atoms. The number of nitrogens with zero attached hydrogens (tertiary/aromatic N) is 1. The van der Waals surface area contributed by atoms with Gasteiger partial charge in [-0.05, 0) is 27.7 Å². The Morgan fingerprint density at radius 1 is 1.45 bits per heavy atom. The van der Waals surface area contributed by atoms with Crippen LogP contribution in [0.4, 0.5) is 0 Å². The van der Waals surface area contributed by atoms with E-state index in [4.69, 9.17) is 5.90 Å². The molecule has 0 aromatic carbocycles. The van der Waals surface area contributed by atoms with Crippen LogP contribution in [0.3, 0.4) is 0 Å². The van der Waals surface area contributed by atoms with Gasteiger partial charge in [0.1, 0.15) is 5.60 Å². The molecular weight excluding hydrogens is 140 g/mol. The van der Waals surface area contributed by atoms with Crippen molar-refractivity contribution in [3.05, 3.63) is 11.8 Å². The highest BCUT2D eigenvalue weighted by atomic mass is 16.6. The molecule has 0 saturated carbocycles. The van der Waals surface area contributed by atoms with E-state index in [1.807, 2.05) is 27.7 Å². The topological polar surface area (TPSA) is 47.6 Å². The number of aliphatic imine (C=N–C) groups is 1. The van der Waals surface area contributed by atoms with Crippen molar-refractivity contribution in [3.8, 4) is 0 Å². The van der Waals surface area contributed by atoms with Crippen LogP contribution in [-0.4, -0.2) is 11.8 Å². The predicted molar refractivity (Wildman–Crippen MR) is 47.3 cm³/mol. The van der Waals surface area contributed by atoms with Gasteiger partial charge in [-0.3, -0.25) is 9.83 Å². The summed E-state index contributed by atoms with van der Waals surface area (Å²) in [5.41, 5.74) is 0.667. The molecule has 64 valence electrons. The van der Waals surface area contributed by atoms with Gasteiger partial charge >= 0.3 is 0 Å². The number of allylic oxidation sites excluding steroid dienone is 1. The summed E-state index contributed by atoms with van der Waals surface area (Å²) in [6, 6.07) is 0. The molecule has 0 radical (unpaired) electrons. The van der Waals surface area contributed by atoms with Gasteiger partial charge in [0.15, 0.2) is 0 Å². The van der Waals surface area contributed by atoms with Crippen molar-refractivity contribution in [1.82, 2.24) is 0 Å². The number of rotatable bonds is 3. The molecule has 0 heterocycles. The molecule has 0 aliphatic carbocycles. The zero-order chi connectivity index (χ0) is 8.91. The molecule has 0 aromatic rings. The first-order valence-electron chi connectivity index (χ1n) is 3.53. The van der Waals surface area contributed by atoms with Gasteiger partial charge in [0.2, 0.25) is 0 Å². The lowest BCUT2D eigenvalue weighted by atomic mass is 10.2. The third-order valence-electron chi connectivity index (χ3n) is 1.02. The summed E-state index contributed by atoms with van der Waals surface area (Å²) in [5, 5.41) is 0. The Labute approximate surface area is 67.9 Å². The maximum absolute atomic E-state index is 5.01. The van der Waals surface area contributed by atoms with Gasteiger partial charge in [0, 0.05) is 12.4 Å². The van der Waals surface area contributed by atoms with Crippen LogP contribution in [0.2, 0.25) is 0 Å². The summed E-state index contributed by atoms with van der Waals surface area (Å²) < 4.78 is 0. The van der Waals surface area contributed by atoms with E-state index in [2.05, 4.69) is 9.83 Å². The Morgan fingerprint density at radius 2 is 2.00 bits per heavy atom. The quantitative estimate of drug-likeness (QED) is 0.499. The Bertz CT molecular complexity index is 167. The first-order chi connectivity index (χ1) is 4.98. The van der Waals surface area contributed by atoms with Crippen molar-refractivity contribution >= 4 is 6.21 Å². The third-order valence-corrected chi connectivity index (χ3v) is 1.02. The fourth-order valence-corrected chi connectivity index (χ4v) is 0.396. The lowest BCUT2D eigenvalue weighted by molar-refractivity contribution is 0.0380. The Kier molecular flexibility index (Phi) is 4.00. The molecule has 0 saturated heterocycles. The number of nitrogens with two attached hydrogens (primary N) is 1. The van der Waals surface area contributed by atoms with Crippen LogP contribution >= 0.6 is 0 Å². The Balaban J connectivity index is 4.02. The average molecular weight is 156 g/mol. The summed E-state index contributed by atoms with van der Waals surface area (Å²) in [7, 11) is 0. The summed E-state index contributed by atoms with van der Waals surface area (Å²) in [6.45, 7) is 7.64. The summed E-state index contributed by atoms with van der Waals surface area (Å²) in [5.74, 6) is 5.01. The van der Waals surface area contributed by atoms with Gasteiger partial charge < -0.3 is 0 Å². The van der Waals surface area contributed by atoms with E-state index in [-0.39, 0.29) is 0 Å². The van der Waals surface area contributed by atoms with Crippen LogP contribution in [0.15, 0.2) is 16.8 Å². The number of hydrogen-bond donors (Lipinski definition) is 1. The van der Waals surface area contributed by atoms with Gasteiger partial charge in [0.05, 0.1) is 0 Å². The SMILES string of the molecule is CC(C)=CN=CC(C)(C)ON. The molecule has 0 spiro atoms. The maximum Gasteiger partial charge on any atom is 0.119 e.